The molecule has 0 heterocycles. The van der Waals surface area contributed by atoms with Crippen molar-refractivity contribution < 1.29 is 13.5 Å². The smallest absolute Gasteiger partial charge is 0.261 e. The molecule has 0 atom stereocenters. The SMILES string of the molecule is N#Cc1c(Br)cc(S(=O)(=O)Cl)cc1CO. The molecule has 0 unspecified atom stereocenters. The summed E-state index contributed by atoms with van der Waals surface area (Å²) in [6, 6.07) is 4.24. The van der Waals surface area contributed by atoms with Gasteiger partial charge in [0.1, 0.15) is 6.07 Å². The van der Waals surface area contributed by atoms with E-state index in [4.69, 9.17) is 21.1 Å². The van der Waals surface area contributed by atoms with Gasteiger partial charge in [-0.15, -0.1) is 0 Å². The van der Waals surface area contributed by atoms with Crippen molar-refractivity contribution in [2.75, 3.05) is 0 Å². The van der Waals surface area contributed by atoms with E-state index in [0.717, 1.165) is 0 Å². The van der Waals surface area contributed by atoms with Crippen LogP contribution < -0.4 is 0 Å². The van der Waals surface area contributed by atoms with Gasteiger partial charge in [0.25, 0.3) is 9.05 Å². The van der Waals surface area contributed by atoms with E-state index in [1.54, 1.807) is 0 Å². The number of nitrogens with zero attached hydrogens (tertiary/aromatic N) is 1. The second kappa shape index (κ2) is 4.49. The summed E-state index contributed by atoms with van der Waals surface area (Å²) in [4.78, 5) is -0.154. The number of aliphatic hydroxyl groups is 1. The number of rotatable bonds is 2. The summed E-state index contributed by atoms with van der Waals surface area (Å²) >= 11 is 3.03. The molecule has 0 aliphatic carbocycles. The molecule has 7 heteroatoms. The Morgan fingerprint density at radius 3 is 2.53 bits per heavy atom. The van der Waals surface area contributed by atoms with Crippen molar-refractivity contribution in [1.82, 2.24) is 0 Å². The average Bonchev–Trinajstić information content (AvgIpc) is 2.15. The molecule has 0 aliphatic rings. The minimum atomic E-state index is -3.86. The van der Waals surface area contributed by atoms with Crippen molar-refractivity contribution in [3.63, 3.8) is 0 Å². The zero-order chi connectivity index (χ0) is 11.6. The van der Waals surface area contributed by atoms with Crippen LogP contribution in [0.1, 0.15) is 11.1 Å². The number of aliphatic hydroxyl groups excluding tert-OH is 1. The van der Waals surface area contributed by atoms with Crippen LogP contribution in [0.15, 0.2) is 21.5 Å². The Morgan fingerprint density at radius 1 is 1.53 bits per heavy atom. The molecule has 0 aliphatic heterocycles. The average molecular weight is 311 g/mol. The summed E-state index contributed by atoms with van der Waals surface area (Å²) in [5.74, 6) is 0. The van der Waals surface area contributed by atoms with Gasteiger partial charge in [-0.05, 0) is 33.6 Å². The first-order valence-corrected chi connectivity index (χ1v) is 6.78. The van der Waals surface area contributed by atoms with Crippen LogP contribution in [0.5, 0.6) is 0 Å². The number of benzene rings is 1. The first-order valence-electron chi connectivity index (χ1n) is 3.68. The highest BCUT2D eigenvalue weighted by Crippen LogP contribution is 2.26. The molecule has 0 radical (unpaired) electrons. The molecular weight excluding hydrogens is 306 g/mol. The summed E-state index contributed by atoms with van der Waals surface area (Å²) < 4.78 is 22.4. The zero-order valence-corrected chi connectivity index (χ0v) is 10.4. The van der Waals surface area contributed by atoms with Crippen molar-refractivity contribution in [3.05, 3.63) is 27.7 Å². The van der Waals surface area contributed by atoms with Gasteiger partial charge in [-0.1, -0.05) is 0 Å². The topological polar surface area (TPSA) is 78.2 Å². The maximum absolute atomic E-state index is 11.0. The van der Waals surface area contributed by atoms with E-state index in [0.29, 0.717) is 0 Å². The second-order valence-corrected chi connectivity index (χ2v) is 6.07. The molecule has 1 rings (SSSR count). The quantitative estimate of drug-likeness (QED) is 0.844. The molecule has 0 aromatic heterocycles. The highest BCUT2D eigenvalue weighted by Gasteiger charge is 2.15. The van der Waals surface area contributed by atoms with Crippen molar-refractivity contribution >= 4 is 35.7 Å². The molecule has 0 fully saturated rings. The zero-order valence-electron chi connectivity index (χ0n) is 7.24. The van der Waals surface area contributed by atoms with Crippen molar-refractivity contribution in [2.24, 2.45) is 0 Å². The Hall–Kier alpha value is -0.610. The fourth-order valence-electron chi connectivity index (χ4n) is 1.03. The first kappa shape index (κ1) is 12.5. The monoisotopic (exact) mass is 309 g/mol. The number of halogens is 2. The molecule has 1 N–H and O–H groups in total. The second-order valence-electron chi connectivity index (χ2n) is 2.65. The van der Waals surface area contributed by atoms with Crippen LogP contribution in [0.2, 0.25) is 0 Å². The fraction of sp³-hybridized carbons (Fsp3) is 0.125. The van der Waals surface area contributed by atoms with Gasteiger partial charge in [0, 0.05) is 15.2 Å². The first-order chi connectivity index (χ1) is 6.90. The molecule has 0 bridgehead atoms. The van der Waals surface area contributed by atoms with Gasteiger partial charge in [-0.3, -0.25) is 0 Å². The molecule has 15 heavy (non-hydrogen) atoms. The third-order valence-corrected chi connectivity index (χ3v) is 3.67. The molecule has 0 saturated carbocycles. The molecule has 4 nitrogen and oxygen atoms in total. The van der Waals surface area contributed by atoms with Crippen LogP contribution in [0.4, 0.5) is 0 Å². The normalized spacial score (nSPS) is 11.1. The molecular formula is C8H5BrClNO3S. The van der Waals surface area contributed by atoms with Crippen molar-refractivity contribution in [3.8, 4) is 6.07 Å². The van der Waals surface area contributed by atoms with Crippen LogP contribution in [0.3, 0.4) is 0 Å². The van der Waals surface area contributed by atoms with Crippen molar-refractivity contribution in [2.45, 2.75) is 11.5 Å². The van der Waals surface area contributed by atoms with Gasteiger partial charge < -0.3 is 5.11 Å². The lowest BCUT2D eigenvalue weighted by Crippen LogP contribution is -1.97. The molecule has 0 amide bonds. The summed E-state index contributed by atoms with van der Waals surface area (Å²) in [6.07, 6.45) is 0. The highest BCUT2D eigenvalue weighted by molar-refractivity contribution is 9.10. The molecule has 0 spiro atoms. The number of nitriles is 1. The minimum absolute atomic E-state index is 0.154. The van der Waals surface area contributed by atoms with Gasteiger partial charge in [0.15, 0.2) is 0 Å². The largest absolute Gasteiger partial charge is 0.392 e. The van der Waals surface area contributed by atoms with Gasteiger partial charge in [-0.2, -0.15) is 5.26 Å². The summed E-state index contributed by atoms with van der Waals surface area (Å²) in [7, 11) is 1.28. The van der Waals surface area contributed by atoms with Gasteiger partial charge in [-0.25, -0.2) is 8.42 Å². The van der Waals surface area contributed by atoms with Crippen LogP contribution in [0.25, 0.3) is 0 Å². The Balaban J connectivity index is 3.54. The Kier molecular flexibility index (Phi) is 3.73. The maximum Gasteiger partial charge on any atom is 0.261 e. The van der Waals surface area contributed by atoms with Crippen LogP contribution >= 0.6 is 26.6 Å². The lowest BCUT2D eigenvalue weighted by atomic mass is 10.1. The Morgan fingerprint density at radius 2 is 2.13 bits per heavy atom. The van der Waals surface area contributed by atoms with E-state index in [1.165, 1.54) is 12.1 Å². The predicted octanol–water partition coefficient (Wildman–Crippen LogP) is 1.74. The molecule has 1 aromatic rings. The summed E-state index contributed by atoms with van der Waals surface area (Å²) in [5, 5.41) is 17.7. The van der Waals surface area contributed by atoms with Crippen LogP contribution in [-0.2, 0) is 15.7 Å². The molecule has 0 saturated heterocycles. The van der Waals surface area contributed by atoms with E-state index in [1.807, 2.05) is 6.07 Å². The Bertz CT molecular complexity index is 536. The highest BCUT2D eigenvalue weighted by atomic mass is 79.9. The summed E-state index contributed by atoms with van der Waals surface area (Å²) in [5.41, 5.74) is 0.410. The minimum Gasteiger partial charge on any atom is -0.392 e. The standard InChI is InChI=1S/C8H5BrClNO3S/c9-8-2-6(15(10,13)14)1-5(4-12)7(8)3-11/h1-2,12H,4H2. The van der Waals surface area contributed by atoms with E-state index in [2.05, 4.69) is 15.9 Å². The summed E-state index contributed by atoms with van der Waals surface area (Å²) in [6.45, 7) is -0.429. The van der Waals surface area contributed by atoms with Crippen LogP contribution in [-0.4, -0.2) is 13.5 Å². The van der Waals surface area contributed by atoms with E-state index in [-0.39, 0.29) is 20.5 Å². The lowest BCUT2D eigenvalue weighted by molar-refractivity contribution is 0.281. The Labute approximate surface area is 99.6 Å². The third kappa shape index (κ3) is 2.69. The number of hydrogen-bond acceptors (Lipinski definition) is 4. The third-order valence-electron chi connectivity index (χ3n) is 1.71. The van der Waals surface area contributed by atoms with Gasteiger partial charge in [0.05, 0.1) is 17.1 Å². The van der Waals surface area contributed by atoms with E-state index in [9.17, 15) is 8.42 Å². The fourth-order valence-corrected chi connectivity index (χ4v) is 2.58. The molecule has 1 aromatic carbocycles. The van der Waals surface area contributed by atoms with Gasteiger partial charge >= 0.3 is 0 Å². The number of hydrogen-bond donors (Lipinski definition) is 1. The van der Waals surface area contributed by atoms with Crippen molar-refractivity contribution in [1.29, 1.82) is 5.26 Å². The lowest BCUT2D eigenvalue weighted by Gasteiger charge is -2.05. The molecule has 80 valence electrons. The maximum atomic E-state index is 11.0. The van der Waals surface area contributed by atoms with E-state index >= 15 is 0 Å². The van der Waals surface area contributed by atoms with Gasteiger partial charge in [0.2, 0.25) is 0 Å². The van der Waals surface area contributed by atoms with Crippen LogP contribution in [0, 0.1) is 11.3 Å². The predicted molar refractivity (Wildman–Crippen MR) is 57.8 cm³/mol. The van der Waals surface area contributed by atoms with E-state index < -0.39 is 15.7 Å².